The summed E-state index contributed by atoms with van der Waals surface area (Å²) < 4.78 is 53.7. The minimum absolute atomic E-state index is 0.108. The molecular weight excluding hydrogens is 441 g/mol. The number of rotatable bonds is 2. The summed E-state index contributed by atoms with van der Waals surface area (Å²) in [6.45, 7) is -0.179. The normalized spacial score (nSPS) is 17.4. The highest BCUT2D eigenvalue weighted by molar-refractivity contribution is 14.1. The molecule has 2 aromatic rings. The number of hydrogen-bond acceptors (Lipinski definition) is 4. The van der Waals surface area contributed by atoms with Crippen molar-refractivity contribution in [3.05, 3.63) is 51.0 Å². The van der Waals surface area contributed by atoms with Crippen molar-refractivity contribution in [2.24, 2.45) is 0 Å². The van der Waals surface area contributed by atoms with Crippen molar-refractivity contribution >= 4 is 34.1 Å². The summed E-state index contributed by atoms with van der Waals surface area (Å²) in [6.07, 6.45) is -4.05. The van der Waals surface area contributed by atoms with Crippen LogP contribution in [0.25, 0.3) is 0 Å². The quantitative estimate of drug-likeness (QED) is 0.539. The molecule has 1 atom stereocenters. The van der Waals surface area contributed by atoms with E-state index in [1.165, 1.54) is 4.90 Å². The molecule has 128 valence electrons. The Morgan fingerprint density at radius 2 is 2.08 bits per heavy atom. The topological polar surface area (TPSA) is 48.4 Å². The molecule has 1 aliphatic rings. The van der Waals surface area contributed by atoms with Crippen molar-refractivity contribution in [2.75, 3.05) is 16.8 Å². The van der Waals surface area contributed by atoms with Gasteiger partial charge in [-0.25, -0.2) is 9.37 Å². The molecule has 0 amide bonds. The summed E-state index contributed by atoms with van der Waals surface area (Å²) in [7, 11) is 0. The van der Waals surface area contributed by atoms with E-state index in [0.717, 1.165) is 15.7 Å². The van der Waals surface area contributed by atoms with Crippen molar-refractivity contribution in [1.29, 1.82) is 0 Å². The molecule has 2 N–H and O–H groups in total. The predicted molar refractivity (Wildman–Crippen MR) is 89.0 cm³/mol. The van der Waals surface area contributed by atoms with E-state index < -0.39 is 23.8 Å². The number of β-amino-alcohol motifs (C(OH)–C–C–N with tert-alkyl or cyclic N) is 1. The number of benzene rings is 1. The molecule has 1 aromatic heterocycles. The third-order valence-corrected chi connectivity index (χ3v) is 4.26. The lowest BCUT2D eigenvalue weighted by atomic mass is 10.1. The zero-order chi connectivity index (χ0) is 17.5. The molecule has 0 bridgehead atoms. The fourth-order valence-corrected chi connectivity index (χ4v) is 3.02. The van der Waals surface area contributed by atoms with Crippen LogP contribution in [-0.4, -0.2) is 22.9 Å². The molecule has 4 nitrogen and oxygen atoms in total. The van der Waals surface area contributed by atoms with Gasteiger partial charge in [0.1, 0.15) is 17.9 Å². The third kappa shape index (κ3) is 3.41. The van der Waals surface area contributed by atoms with Gasteiger partial charge in [-0.3, -0.25) is 0 Å². The molecule has 0 aliphatic carbocycles. The Kier molecular flexibility index (Phi) is 4.56. The first kappa shape index (κ1) is 17.2. The molecule has 1 aliphatic heterocycles. The second-order valence-electron chi connectivity index (χ2n) is 5.31. The molecule has 0 saturated carbocycles. The molecule has 0 saturated heterocycles. The lowest BCUT2D eigenvalue weighted by Crippen LogP contribution is -2.44. The second-order valence-corrected chi connectivity index (χ2v) is 6.56. The van der Waals surface area contributed by atoms with Crippen LogP contribution in [0, 0.1) is 9.39 Å². The van der Waals surface area contributed by atoms with Crippen LogP contribution in [-0.2, 0) is 12.7 Å². The largest absolute Gasteiger partial charge is 0.416 e. The second kappa shape index (κ2) is 6.36. The van der Waals surface area contributed by atoms with Crippen LogP contribution in [0.15, 0.2) is 30.5 Å². The summed E-state index contributed by atoms with van der Waals surface area (Å²) in [4.78, 5) is 5.55. The summed E-state index contributed by atoms with van der Waals surface area (Å²) in [5, 5.41) is 13.1. The number of pyridine rings is 1. The van der Waals surface area contributed by atoms with E-state index in [4.69, 9.17) is 0 Å². The van der Waals surface area contributed by atoms with Crippen LogP contribution in [0.2, 0.25) is 0 Å². The van der Waals surface area contributed by atoms with Gasteiger partial charge in [0.05, 0.1) is 17.8 Å². The molecule has 1 unspecified atom stereocenters. The SMILES string of the molecule is OC1CNc2ncc(I)cc2N1Cc1cc(F)ccc1C(F)(F)F. The first-order chi connectivity index (χ1) is 11.3. The fraction of sp³-hybridized carbons (Fsp3) is 0.267. The van der Waals surface area contributed by atoms with Crippen molar-refractivity contribution < 1.29 is 22.7 Å². The van der Waals surface area contributed by atoms with Gasteiger partial charge < -0.3 is 15.3 Å². The minimum atomic E-state index is -4.60. The monoisotopic (exact) mass is 453 g/mol. The average Bonchev–Trinajstić information content (AvgIpc) is 2.49. The van der Waals surface area contributed by atoms with Gasteiger partial charge >= 0.3 is 6.18 Å². The third-order valence-electron chi connectivity index (χ3n) is 3.67. The number of aromatic nitrogens is 1. The van der Waals surface area contributed by atoms with Crippen LogP contribution in [0.4, 0.5) is 29.1 Å². The Balaban J connectivity index is 2.03. The maximum Gasteiger partial charge on any atom is 0.416 e. The molecule has 9 heteroatoms. The number of fused-ring (bicyclic) bond motifs is 1. The molecule has 2 heterocycles. The summed E-state index contributed by atoms with van der Waals surface area (Å²) in [5.74, 6) is -0.297. The number of nitrogens with one attached hydrogen (secondary N) is 1. The van der Waals surface area contributed by atoms with Gasteiger partial charge in [-0.1, -0.05) is 0 Å². The summed E-state index contributed by atoms with van der Waals surface area (Å²) in [5.41, 5.74) is -0.693. The smallest absolute Gasteiger partial charge is 0.372 e. The van der Waals surface area contributed by atoms with Crippen LogP contribution in [0.5, 0.6) is 0 Å². The Labute approximate surface area is 148 Å². The van der Waals surface area contributed by atoms with Gasteiger partial charge in [0.2, 0.25) is 0 Å². The van der Waals surface area contributed by atoms with Crippen molar-refractivity contribution in [3.63, 3.8) is 0 Å². The number of halogens is 5. The Hall–Kier alpha value is -1.62. The highest BCUT2D eigenvalue weighted by Crippen LogP contribution is 2.36. The highest BCUT2D eigenvalue weighted by atomic mass is 127. The van der Waals surface area contributed by atoms with Gasteiger partial charge in [0, 0.05) is 16.3 Å². The van der Waals surface area contributed by atoms with E-state index in [-0.39, 0.29) is 18.7 Å². The predicted octanol–water partition coefficient (Wildman–Crippen LogP) is 3.59. The number of aliphatic hydroxyl groups is 1. The van der Waals surface area contributed by atoms with Crippen molar-refractivity contribution in [3.8, 4) is 0 Å². The van der Waals surface area contributed by atoms with Crippen LogP contribution < -0.4 is 10.2 Å². The maximum absolute atomic E-state index is 13.5. The van der Waals surface area contributed by atoms with Gasteiger partial charge in [-0.05, 0) is 52.4 Å². The van der Waals surface area contributed by atoms with Crippen LogP contribution in [0.3, 0.4) is 0 Å². The van der Waals surface area contributed by atoms with E-state index in [1.807, 2.05) is 22.6 Å². The summed E-state index contributed by atoms with van der Waals surface area (Å²) >= 11 is 2.02. The number of nitrogens with zero attached hydrogens (tertiary/aromatic N) is 2. The lowest BCUT2D eigenvalue weighted by Gasteiger charge is -2.36. The van der Waals surface area contributed by atoms with Gasteiger partial charge in [-0.2, -0.15) is 13.2 Å². The van der Waals surface area contributed by atoms with Crippen molar-refractivity contribution in [1.82, 2.24) is 4.98 Å². The zero-order valence-electron chi connectivity index (χ0n) is 12.1. The Morgan fingerprint density at radius 3 is 2.79 bits per heavy atom. The lowest BCUT2D eigenvalue weighted by molar-refractivity contribution is -0.138. The van der Waals surface area contributed by atoms with Crippen molar-refractivity contribution in [2.45, 2.75) is 18.9 Å². The van der Waals surface area contributed by atoms with Gasteiger partial charge in [0.15, 0.2) is 0 Å². The summed E-state index contributed by atoms with van der Waals surface area (Å²) in [6, 6.07) is 4.04. The average molecular weight is 453 g/mol. The molecule has 24 heavy (non-hydrogen) atoms. The fourth-order valence-electron chi connectivity index (χ4n) is 2.59. The first-order valence-electron chi connectivity index (χ1n) is 6.95. The zero-order valence-corrected chi connectivity index (χ0v) is 14.3. The first-order valence-corrected chi connectivity index (χ1v) is 8.03. The van der Waals surface area contributed by atoms with Gasteiger partial charge in [0.25, 0.3) is 0 Å². The molecule has 0 radical (unpaired) electrons. The molecule has 0 fully saturated rings. The van der Waals surface area contributed by atoms with Gasteiger partial charge in [-0.15, -0.1) is 0 Å². The number of anilines is 2. The van der Waals surface area contributed by atoms with E-state index in [2.05, 4.69) is 10.3 Å². The molecule has 1 aromatic carbocycles. The number of alkyl halides is 3. The Bertz CT molecular complexity index is 769. The molecular formula is C15H12F4IN3O. The molecule has 0 spiro atoms. The number of aliphatic hydroxyl groups excluding tert-OH is 1. The maximum atomic E-state index is 13.5. The van der Waals surface area contributed by atoms with E-state index in [1.54, 1.807) is 12.3 Å². The van der Waals surface area contributed by atoms with E-state index >= 15 is 0 Å². The highest BCUT2D eigenvalue weighted by Gasteiger charge is 2.35. The van der Waals surface area contributed by atoms with Crippen LogP contribution >= 0.6 is 22.6 Å². The number of hydrogen-bond donors (Lipinski definition) is 2. The Morgan fingerprint density at radius 1 is 1.33 bits per heavy atom. The van der Waals surface area contributed by atoms with E-state index in [9.17, 15) is 22.7 Å². The standard InChI is InChI=1S/C15H12F4IN3O/c16-9-1-2-11(15(17,18)19)8(3-9)7-23-12-4-10(20)5-21-14(12)22-6-13(23)24/h1-5,13,24H,6-7H2,(H,21,22). The minimum Gasteiger partial charge on any atom is -0.372 e. The van der Waals surface area contributed by atoms with Crippen LogP contribution in [0.1, 0.15) is 11.1 Å². The van der Waals surface area contributed by atoms with E-state index in [0.29, 0.717) is 17.6 Å². The molecule has 3 rings (SSSR count).